The Morgan fingerprint density at radius 2 is 2.05 bits per heavy atom. The Balaban J connectivity index is 2.16. The topological polar surface area (TPSA) is 101 Å². The van der Waals surface area contributed by atoms with Crippen molar-refractivity contribution >= 4 is 12.1 Å². The molecule has 1 aliphatic rings. The zero-order chi connectivity index (χ0) is 15.7. The number of carbonyl (C=O) groups excluding carboxylic acids is 1. The van der Waals surface area contributed by atoms with E-state index in [4.69, 9.17) is 9.84 Å². The molecule has 0 radical (unpaired) electrons. The molecular formula is C14H19N3O4. The molecule has 1 amide bonds. The molecule has 0 atom stereocenters. The molecule has 114 valence electrons. The second kappa shape index (κ2) is 5.31. The molecule has 1 saturated carbocycles. The Kier molecular flexibility index (Phi) is 3.85. The molecule has 7 nitrogen and oxygen atoms in total. The molecule has 1 fully saturated rings. The van der Waals surface area contributed by atoms with E-state index in [2.05, 4.69) is 15.3 Å². The highest BCUT2D eigenvalue weighted by Gasteiger charge is 2.51. The van der Waals surface area contributed by atoms with Crippen LogP contribution < -0.4 is 5.32 Å². The van der Waals surface area contributed by atoms with Crippen molar-refractivity contribution in [1.82, 2.24) is 15.3 Å². The number of carboxylic acids is 1. The minimum Gasteiger partial charge on any atom is -0.481 e. The van der Waals surface area contributed by atoms with Crippen LogP contribution in [0.5, 0.6) is 0 Å². The fraction of sp³-hybridized carbons (Fsp3) is 0.571. The van der Waals surface area contributed by atoms with Gasteiger partial charge in [0.2, 0.25) is 0 Å². The number of carbonyl (C=O) groups is 2. The van der Waals surface area contributed by atoms with Crippen molar-refractivity contribution in [3.05, 3.63) is 24.3 Å². The summed E-state index contributed by atoms with van der Waals surface area (Å²) < 4.78 is 5.24. The first-order chi connectivity index (χ1) is 9.72. The lowest BCUT2D eigenvalue weighted by molar-refractivity contribution is -0.148. The SMILES string of the molecule is CC(C)(C)OC(=O)NC1(c2cnccn2)CC(C(=O)O)C1. The predicted octanol–water partition coefficient (Wildman–Crippen LogP) is 1.69. The lowest BCUT2D eigenvalue weighted by Gasteiger charge is -2.45. The van der Waals surface area contributed by atoms with Crippen molar-refractivity contribution in [2.75, 3.05) is 0 Å². The van der Waals surface area contributed by atoms with Gasteiger partial charge >= 0.3 is 12.1 Å². The molecule has 0 bridgehead atoms. The number of aromatic nitrogens is 2. The van der Waals surface area contributed by atoms with Gasteiger partial charge in [0.15, 0.2) is 0 Å². The summed E-state index contributed by atoms with van der Waals surface area (Å²) in [6.07, 6.45) is 4.55. The second-order valence-corrected chi connectivity index (χ2v) is 6.24. The Morgan fingerprint density at radius 1 is 1.38 bits per heavy atom. The lowest BCUT2D eigenvalue weighted by Crippen LogP contribution is -2.57. The third-order valence-electron chi connectivity index (χ3n) is 3.33. The summed E-state index contributed by atoms with van der Waals surface area (Å²) in [4.78, 5) is 31.2. The van der Waals surface area contributed by atoms with Crippen LogP contribution in [0, 0.1) is 5.92 Å². The van der Waals surface area contributed by atoms with E-state index < -0.39 is 29.1 Å². The number of rotatable bonds is 3. The highest BCUT2D eigenvalue weighted by Crippen LogP contribution is 2.45. The number of hydrogen-bond donors (Lipinski definition) is 2. The number of ether oxygens (including phenoxy) is 1. The number of alkyl carbamates (subject to hydrolysis) is 1. The quantitative estimate of drug-likeness (QED) is 0.879. The number of amides is 1. The zero-order valence-corrected chi connectivity index (χ0v) is 12.3. The van der Waals surface area contributed by atoms with Crippen molar-refractivity contribution in [2.24, 2.45) is 5.92 Å². The zero-order valence-electron chi connectivity index (χ0n) is 12.3. The maximum Gasteiger partial charge on any atom is 0.408 e. The number of nitrogens with zero attached hydrogens (tertiary/aromatic N) is 2. The third kappa shape index (κ3) is 3.48. The first kappa shape index (κ1) is 15.2. The molecule has 2 N–H and O–H groups in total. The Bertz CT molecular complexity index is 533. The second-order valence-electron chi connectivity index (χ2n) is 6.24. The highest BCUT2D eigenvalue weighted by molar-refractivity contribution is 5.74. The lowest BCUT2D eigenvalue weighted by atomic mass is 9.66. The molecule has 1 aromatic heterocycles. The minimum absolute atomic E-state index is 0.278. The van der Waals surface area contributed by atoms with Crippen LogP contribution in [0.2, 0.25) is 0 Å². The number of carboxylic acid groups (broad SMARTS) is 1. The molecule has 2 rings (SSSR count). The molecular weight excluding hydrogens is 274 g/mol. The van der Waals surface area contributed by atoms with E-state index in [9.17, 15) is 9.59 Å². The number of nitrogens with one attached hydrogen (secondary N) is 1. The summed E-state index contributed by atoms with van der Waals surface area (Å²) >= 11 is 0. The van der Waals surface area contributed by atoms with Crippen LogP contribution in [0.15, 0.2) is 18.6 Å². The van der Waals surface area contributed by atoms with E-state index in [1.807, 2.05) is 0 Å². The van der Waals surface area contributed by atoms with Gasteiger partial charge in [-0.05, 0) is 33.6 Å². The maximum absolute atomic E-state index is 12.0. The first-order valence-electron chi connectivity index (χ1n) is 6.72. The van der Waals surface area contributed by atoms with Gasteiger partial charge < -0.3 is 15.2 Å². The van der Waals surface area contributed by atoms with Gasteiger partial charge in [-0.1, -0.05) is 0 Å². The van der Waals surface area contributed by atoms with Crippen molar-refractivity contribution in [3.8, 4) is 0 Å². The molecule has 0 spiro atoms. The van der Waals surface area contributed by atoms with E-state index in [1.54, 1.807) is 20.8 Å². The maximum atomic E-state index is 12.0. The summed E-state index contributed by atoms with van der Waals surface area (Å²) in [5.74, 6) is -1.37. The van der Waals surface area contributed by atoms with Crippen molar-refractivity contribution < 1.29 is 19.4 Å². The van der Waals surface area contributed by atoms with Crippen LogP contribution in [0.3, 0.4) is 0 Å². The summed E-state index contributed by atoms with van der Waals surface area (Å²) in [5, 5.41) is 11.8. The fourth-order valence-electron chi connectivity index (χ4n) is 2.38. The molecule has 0 aromatic carbocycles. The fourth-order valence-corrected chi connectivity index (χ4v) is 2.38. The largest absolute Gasteiger partial charge is 0.481 e. The van der Waals surface area contributed by atoms with E-state index >= 15 is 0 Å². The van der Waals surface area contributed by atoms with E-state index in [0.717, 1.165) is 0 Å². The van der Waals surface area contributed by atoms with Gasteiger partial charge in [0.1, 0.15) is 5.60 Å². The molecule has 0 saturated heterocycles. The van der Waals surface area contributed by atoms with Gasteiger partial charge in [-0.3, -0.25) is 14.8 Å². The summed E-state index contributed by atoms with van der Waals surface area (Å²) in [5.41, 5.74) is -0.892. The van der Waals surface area contributed by atoms with Gasteiger partial charge in [0, 0.05) is 12.4 Å². The van der Waals surface area contributed by atoms with Crippen molar-refractivity contribution in [2.45, 2.75) is 44.8 Å². The Labute approximate surface area is 122 Å². The first-order valence-corrected chi connectivity index (χ1v) is 6.72. The van der Waals surface area contributed by atoms with Crippen LogP contribution in [0.25, 0.3) is 0 Å². The van der Waals surface area contributed by atoms with Gasteiger partial charge in [0.05, 0.1) is 23.3 Å². The molecule has 0 aliphatic heterocycles. The summed E-state index contributed by atoms with van der Waals surface area (Å²) in [7, 11) is 0. The Hall–Kier alpha value is -2.18. The standard InChI is InChI=1S/C14H19N3O4/c1-13(2,3)21-12(20)17-14(6-9(7-14)11(18)19)10-8-15-4-5-16-10/h4-5,8-9H,6-7H2,1-3H3,(H,17,20)(H,18,19). The summed E-state index contributed by atoms with van der Waals surface area (Å²) in [6, 6.07) is 0. The minimum atomic E-state index is -0.875. The van der Waals surface area contributed by atoms with Crippen molar-refractivity contribution in [1.29, 1.82) is 0 Å². The van der Waals surface area contributed by atoms with Crippen LogP contribution in [0.4, 0.5) is 4.79 Å². The normalized spacial score (nSPS) is 24.8. The average Bonchev–Trinajstić information content (AvgIpc) is 2.31. The van der Waals surface area contributed by atoms with Gasteiger partial charge in [-0.2, -0.15) is 0 Å². The number of aliphatic carboxylic acids is 1. The van der Waals surface area contributed by atoms with Gasteiger partial charge in [-0.15, -0.1) is 0 Å². The van der Waals surface area contributed by atoms with Crippen LogP contribution in [0.1, 0.15) is 39.3 Å². The summed E-state index contributed by atoms with van der Waals surface area (Å²) in [6.45, 7) is 5.30. The molecule has 1 aromatic rings. The Morgan fingerprint density at radius 3 is 2.52 bits per heavy atom. The predicted molar refractivity (Wildman–Crippen MR) is 73.4 cm³/mol. The molecule has 0 unspecified atom stereocenters. The highest BCUT2D eigenvalue weighted by atomic mass is 16.6. The van der Waals surface area contributed by atoms with Crippen LogP contribution in [-0.2, 0) is 15.1 Å². The third-order valence-corrected chi connectivity index (χ3v) is 3.33. The monoisotopic (exact) mass is 293 g/mol. The van der Waals surface area contributed by atoms with E-state index in [-0.39, 0.29) is 12.8 Å². The van der Waals surface area contributed by atoms with Gasteiger partial charge in [-0.25, -0.2) is 4.79 Å². The smallest absolute Gasteiger partial charge is 0.408 e. The molecule has 7 heteroatoms. The van der Waals surface area contributed by atoms with Crippen molar-refractivity contribution in [3.63, 3.8) is 0 Å². The van der Waals surface area contributed by atoms with E-state index in [1.165, 1.54) is 18.6 Å². The van der Waals surface area contributed by atoms with Crippen LogP contribution >= 0.6 is 0 Å². The van der Waals surface area contributed by atoms with E-state index in [0.29, 0.717) is 5.69 Å². The molecule has 21 heavy (non-hydrogen) atoms. The molecule has 1 aliphatic carbocycles. The number of hydrogen-bond acceptors (Lipinski definition) is 5. The van der Waals surface area contributed by atoms with Crippen LogP contribution in [-0.4, -0.2) is 32.7 Å². The average molecular weight is 293 g/mol. The van der Waals surface area contributed by atoms with Gasteiger partial charge in [0.25, 0.3) is 0 Å². The molecule has 1 heterocycles.